The zero-order valence-corrected chi connectivity index (χ0v) is 19.0. The Balaban J connectivity index is 1.62. The van der Waals surface area contributed by atoms with Gasteiger partial charge in [0.2, 0.25) is 5.91 Å². The summed E-state index contributed by atoms with van der Waals surface area (Å²) < 4.78 is 2.05. The molecule has 162 valence electrons. The molecule has 0 unspecified atom stereocenters. The maximum atomic E-state index is 13.1. The van der Waals surface area contributed by atoms with Crippen LogP contribution in [0.2, 0.25) is 0 Å². The number of nitrogens with zero attached hydrogens (tertiary/aromatic N) is 6. The van der Waals surface area contributed by atoms with E-state index < -0.39 is 0 Å². The number of rotatable bonds is 6. The summed E-state index contributed by atoms with van der Waals surface area (Å²) in [6.45, 7) is 10.7. The molecule has 0 spiro atoms. The van der Waals surface area contributed by atoms with Crippen molar-refractivity contribution in [3.63, 3.8) is 0 Å². The van der Waals surface area contributed by atoms with Gasteiger partial charge in [0.05, 0.1) is 10.9 Å². The lowest BCUT2D eigenvalue weighted by molar-refractivity contribution is -0.132. The van der Waals surface area contributed by atoms with Crippen molar-refractivity contribution in [1.29, 1.82) is 0 Å². The fourth-order valence-corrected chi connectivity index (χ4v) is 4.76. The van der Waals surface area contributed by atoms with E-state index in [9.17, 15) is 4.79 Å². The number of para-hydroxylation sites is 1. The van der Waals surface area contributed by atoms with Gasteiger partial charge in [-0.3, -0.25) is 14.3 Å². The van der Waals surface area contributed by atoms with Crippen molar-refractivity contribution in [1.82, 2.24) is 29.5 Å². The molecule has 1 aliphatic rings. The minimum atomic E-state index is -0.245. The first kappa shape index (κ1) is 21.5. The van der Waals surface area contributed by atoms with Gasteiger partial charge < -0.3 is 9.80 Å². The first-order valence-electron chi connectivity index (χ1n) is 10.7. The Morgan fingerprint density at radius 1 is 1.06 bits per heavy atom. The Labute approximate surface area is 187 Å². The predicted molar refractivity (Wildman–Crippen MR) is 123 cm³/mol. The van der Waals surface area contributed by atoms with E-state index in [4.69, 9.17) is 0 Å². The lowest BCUT2D eigenvalue weighted by atomic mass is 10.2. The van der Waals surface area contributed by atoms with Crippen LogP contribution in [0, 0.1) is 6.92 Å². The third-order valence-corrected chi connectivity index (χ3v) is 6.72. The maximum absolute atomic E-state index is 13.1. The summed E-state index contributed by atoms with van der Waals surface area (Å²) in [6.07, 6.45) is 3.50. The van der Waals surface area contributed by atoms with Crippen molar-refractivity contribution in [2.45, 2.75) is 31.2 Å². The molecule has 1 atom stereocenters. The van der Waals surface area contributed by atoms with Crippen LogP contribution in [0.3, 0.4) is 0 Å². The zero-order valence-electron chi connectivity index (χ0n) is 18.2. The molecule has 4 rings (SSSR count). The highest BCUT2D eigenvalue weighted by molar-refractivity contribution is 8.00. The van der Waals surface area contributed by atoms with E-state index >= 15 is 0 Å². The van der Waals surface area contributed by atoms with E-state index in [0.717, 1.165) is 55.4 Å². The molecule has 0 aliphatic carbocycles. The van der Waals surface area contributed by atoms with E-state index in [1.54, 1.807) is 12.4 Å². The number of hydrogen-bond acceptors (Lipinski definition) is 6. The quantitative estimate of drug-likeness (QED) is 0.553. The van der Waals surface area contributed by atoms with Crippen molar-refractivity contribution >= 4 is 17.7 Å². The second-order valence-electron chi connectivity index (χ2n) is 7.68. The van der Waals surface area contributed by atoms with Crippen molar-refractivity contribution in [3.05, 3.63) is 54.4 Å². The lowest BCUT2D eigenvalue weighted by Crippen LogP contribution is -2.50. The van der Waals surface area contributed by atoms with E-state index in [1.807, 2.05) is 40.7 Å². The van der Waals surface area contributed by atoms with Gasteiger partial charge in [0.25, 0.3) is 0 Å². The Bertz CT molecular complexity index is 1030. The Hall–Kier alpha value is -2.71. The van der Waals surface area contributed by atoms with Crippen LogP contribution in [0.4, 0.5) is 0 Å². The molecular formula is C23H28N6OS. The molecule has 1 amide bonds. The number of carbonyl (C=O) groups excluding carboxylic acids is 1. The second kappa shape index (κ2) is 9.62. The largest absolute Gasteiger partial charge is 0.339 e. The summed E-state index contributed by atoms with van der Waals surface area (Å²) in [4.78, 5) is 21.6. The predicted octanol–water partition coefficient (Wildman–Crippen LogP) is 3.28. The number of piperazine rings is 1. The molecule has 2 aromatic heterocycles. The lowest BCUT2D eigenvalue weighted by Gasteiger charge is -2.35. The Morgan fingerprint density at radius 2 is 1.77 bits per heavy atom. The van der Waals surface area contributed by atoms with Crippen LogP contribution in [0.5, 0.6) is 0 Å². The third-order valence-electron chi connectivity index (χ3n) is 5.69. The molecule has 0 bridgehead atoms. The maximum Gasteiger partial charge on any atom is 0.235 e. The van der Waals surface area contributed by atoms with Gasteiger partial charge in [-0.15, -0.1) is 10.2 Å². The first-order valence-corrected chi connectivity index (χ1v) is 11.6. The van der Waals surface area contributed by atoms with Crippen molar-refractivity contribution < 1.29 is 4.79 Å². The minimum Gasteiger partial charge on any atom is -0.339 e. The van der Waals surface area contributed by atoms with Gasteiger partial charge in [-0.25, -0.2) is 0 Å². The number of hydrogen-bond donors (Lipinski definition) is 0. The molecule has 1 saturated heterocycles. The van der Waals surface area contributed by atoms with Crippen LogP contribution >= 0.6 is 11.8 Å². The molecule has 0 radical (unpaired) electrons. The van der Waals surface area contributed by atoms with Crippen LogP contribution in [0.15, 0.2) is 53.9 Å². The van der Waals surface area contributed by atoms with E-state index in [2.05, 4.69) is 46.1 Å². The molecule has 1 aromatic carbocycles. The van der Waals surface area contributed by atoms with Gasteiger partial charge in [-0.1, -0.05) is 36.9 Å². The van der Waals surface area contributed by atoms with Crippen LogP contribution in [0.1, 0.15) is 19.4 Å². The van der Waals surface area contributed by atoms with E-state index in [-0.39, 0.29) is 11.2 Å². The number of carbonyl (C=O) groups is 1. The monoisotopic (exact) mass is 436 g/mol. The number of likely N-dealkylation sites (N-methyl/N-ethyl adjacent to an activating group) is 1. The molecule has 0 N–H and O–H groups in total. The van der Waals surface area contributed by atoms with E-state index in [0.29, 0.717) is 5.16 Å². The van der Waals surface area contributed by atoms with Gasteiger partial charge >= 0.3 is 0 Å². The average Bonchev–Trinajstić information content (AvgIpc) is 3.22. The summed E-state index contributed by atoms with van der Waals surface area (Å²) in [6, 6.07) is 12.0. The van der Waals surface area contributed by atoms with Crippen LogP contribution in [0.25, 0.3) is 17.1 Å². The molecule has 1 aliphatic heterocycles. The van der Waals surface area contributed by atoms with Crippen molar-refractivity contribution in [3.8, 4) is 17.1 Å². The van der Waals surface area contributed by atoms with Gasteiger partial charge in [-0.05, 0) is 44.2 Å². The molecule has 7 nitrogen and oxygen atoms in total. The highest BCUT2D eigenvalue weighted by atomic mass is 32.2. The molecule has 3 aromatic rings. The van der Waals surface area contributed by atoms with Crippen LogP contribution in [-0.2, 0) is 4.79 Å². The third kappa shape index (κ3) is 4.65. The molecular weight excluding hydrogens is 408 g/mol. The summed E-state index contributed by atoms with van der Waals surface area (Å²) in [5.74, 6) is 0.904. The van der Waals surface area contributed by atoms with Gasteiger partial charge in [0, 0.05) is 44.1 Å². The Morgan fingerprint density at radius 3 is 2.45 bits per heavy atom. The minimum absolute atomic E-state index is 0.158. The van der Waals surface area contributed by atoms with Gasteiger partial charge in [0.1, 0.15) is 0 Å². The summed E-state index contributed by atoms with van der Waals surface area (Å²) in [7, 11) is 0. The summed E-state index contributed by atoms with van der Waals surface area (Å²) >= 11 is 1.47. The first-order chi connectivity index (χ1) is 15.1. The van der Waals surface area contributed by atoms with Gasteiger partial charge in [-0.2, -0.15) is 0 Å². The number of benzene rings is 1. The smallest absolute Gasteiger partial charge is 0.235 e. The highest BCUT2D eigenvalue weighted by Gasteiger charge is 2.27. The van der Waals surface area contributed by atoms with Crippen LogP contribution in [-0.4, -0.2) is 73.4 Å². The molecule has 8 heteroatoms. The zero-order chi connectivity index (χ0) is 21.8. The van der Waals surface area contributed by atoms with Crippen LogP contribution < -0.4 is 0 Å². The number of pyridine rings is 1. The van der Waals surface area contributed by atoms with Crippen molar-refractivity contribution in [2.24, 2.45) is 0 Å². The molecule has 1 fully saturated rings. The average molecular weight is 437 g/mol. The normalized spacial score (nSPS) is 15.8. The fourth-order valence-electron chi connectivity index (χ4n) is 3.82. The van der Waals surface area contributed by atoms with E-state index in [1.165, 1.54) is 11.8 Å². The molecule has 0 saturated carbocycles. The number of aromatic nitrogens is 4. The topological polar surface area (TPSA) is 67.2 Å². The highest BCUT2D eigenvalue weighted by Crippen LogP contribution is 2.31. The number of thioether (sulfide) groups is 1. The summed E-state index contributed by atoms with van der Waals surface area (Å²) in [5, 5.41) is 9.43. The Kier molecular flexibility index (Phi) is 6.67. The summed E-state index contributed by atoms with van der Waals surface area (Å²) in [5.41, 5.74) is 3.07. The molecule has 3 heterocycles. The number of aryl methyl sites for hydroxylation is 1. The van der Waals surface area contributed by atoms with Gasteiger partial charge in [0.15, 0.2) is 11.0 Å². The molecule has 31 heavy (non-hydrogen) atoms. The SMILES string of the molecule is CCN1CCN(C(=O)[C@@H](C)Sc2nnc(-c3ccncc3)n2-c2ccccc2C)CC1. The second-order valence-corrected chi connectivity index (χ2v) is 8.99. The number of amides is 1. The standard InChI is InChI=1S/C23H28N6OS/c1-4-27-13-15-28(16-14-27)22(30)18(3)31-23-26-25-21(19-9-11-24-12-10-19)29(23)20-8-6-5-7-17(20)2/h5-12,18H,4,13-16H2,1-3H3/t18-/m1/s1. The van der Waals surface area contributed by atoms with Crippen molar-refractivity contribution in [2.75, 3.05) is 32.7 Å². The fraction of sp³-hybridized carbons (Fsp3) is 0.391.